The quantitative estimate of drug-likeness (QED) is 0.947. The summed E-state index contributed by atoms with van der Waals surface area (Å²) in [6.07, 6.45) is -2.45. The van der Waals surface area contributed by atoms with Gasteiger partial charge in [0.25, 0.3) is 5.91 Å². The predicted octanol–water partition coefficient (Wildman–Crippen LogP) is 2.99. The van der Waals surface area contributed by atoms with Crippen molar-refractivity contribution < 1.29 is 18.0 Å². The average Bonchev–Trinajstić information content (AvgIpc) is 2.47. The Kier molecular flexibility index (Phi) is 4.21. The fourth-order valence-electron chi connectivity index (χ4n) is 1.66. The Balaban J connectivity index is 2.07. The molecule has 0 radical (unpaired) electrons. The Labute approximate surface area is 119 Å². The number of rotatable bonds is 3. The van der Waals surface area contributed by atoms with E-state index < -0.39 is 18.0 Å². The highest BCUT2D eigenvalue weighted by Gasteiger charge is 2.34. The van der Waals surface area contributed by atoms with E-state index in [4.69, 9.17) is 0 Å². The third kappa shape index (κ3) is 3.77. The van der Waals surface area contributed by atoms with Crippen LogP contribution in [0.2, 0.25) is 0 Å². The normalized spacial score (nSPS) is 12.8. The van der Waals surface area contributed by atoms with E-state index in [1.807, 2.05) is 0 Å². The number of carbonyl (C=O) groups excluding carboxylic acids is 1. The molecule has 0 spiro atoms. The van der Waals surface area contributed by atoms with E-state index in [1.54, 1.807) is 37.3 Å². The van der Waals surface area contributed by atoms with E-state index in [9.17, 15) is 18.0 Å². The zero-order valence-electron chi connectivity index (χ0n) is 11.1. The van der Waals surface area contributed by atoms with Crippen molar-refractivity contribution in [2.24, 2.45) is 0 Å². The molecule has 0 saturated carbocycles. The highest BCUT2D eigenvalue weighted by atomic mass is 19.4. The Hall–Kier alpha value is -2.44. The van der Waals surface area contributed by atoms with Crippen LogP contribution in [0.4, 0.5) is 13.2 Å². The van der Waals surface area contributed by atoms with Gasteiger partial charge in [-0.1, -0.05) is 18.2 Å². The molecule has 1 heterocycles. The van der Waals surface area contributed by atoms with Gasteiger partial charge in [-0.05, 0) is 19.1 Å². The second-order valence-electron chi connectivity index (χ2n) is 4.40. The highest BCUT2D eigenvalue weighted by Crippen LogP contribution is 2.25. The number of aromatic nitrogens is 2. The van der Waals surface area contributed by atoms with Crippen LogP contribution in [-0.4, -0.2) is 15.9 Å². The van der Waals surface area contributed by atoms with Gasteiger partial charge in [0.05, 0.1) is 6.04 Å². The molecule has 0 aliphatic carbocycles. The molecule has 7 heteroatoms. The Morgan fingerprint density at radius 1 is 1.14 bits per heavy atom. The largest absolute Gasteiger partial charge is 0.451 e. The molecule has 110 valence electrons. The van der Waals surface area contributed by atoms with Gasteiger partial charge in [-0.15, -0.1) is 0 Å². The first kappa shape index (κ1) is 15.0. The van der Waals surface area contributed by atoms with Crippen LogP contribution in [0.3, 0.4) is 0 Å². The minimum absolute atomic E-state index is 0.317. The monoisotopic (exact) mass is 295 g/mol. The molecule has 2 rings (SSSR count). The Morgan fingerprint density at radius 3 is 2.24 bits per heavy atom. The van der Waals surface area contributed by atoms with Crippen molar-refractivity contribution in [3.8, 4) is 0 Å². The highest BCUT2D eigenvalue weighted by molar-refractivity contribution is 5.94. The van der Waals surface area contributed by atoms with Crippen LogP contribution >= 0.6 is 0 Å². The van der Waals surface area contributed by atoms with Gasteiger partial charge in [-0.25, -0.2) is 9.97 Å². The van der Waals surface area contributed by atoms with Crippen molar-refractivity contribution in [3.05, 3.63) is 59.7 Å². The predicted molar refractivity (Wildman–Crippen MR) is 69.4 cm³/mol. The molecular formula is C14H12F3N3O. The summed E-state index contributed by atoms with van der Waals surface area (Å²) in [7, 11) is 0. The summed E-state index contributed by atoms with van der Waals surface area (Å²) >= 11 is 0. The van der Waals surface area contributed by atoms with E-state index in [0.717, 1.165) is 12.4 Å². The summed E-state index contributed by atoms with van der Waals surface area (Å²) in [5.41, 5.74) is 0.865. The van der Waals surface area contributed by atoms with Gasteiger partial charge in [0.15, 0.2) is 0 Å². The van der Waals surface area contributed by atoms with E-state index in [-0.39, 0.29) is 5.91 Å². The Morgan fingerprint density at radius 2 is 1.71 bits per heavy atom. The molecule has 1 N–H and O–H groups in total. The second kappa shape index (κ2) is 5.90. The molecule has 0 saturated heterocycles. The number of amides is 1. The number of nitrogens with zero attached hydrogens (tertiary/aromatic N) is 2. The fourth-order valence-corrected chi connectivity index (χ4v) is 1.66. The molecule has 4 nitrogen and oxygen atoms in total. The van der Waals surface area contributed by atoms with Crippen molar-refractivity contribution in [2.75, 3.05) is 0 Å². The van der Waals surface area contributed by atoms with E-state index in [0.29, 0.717) is 11.1 Å². The van der Waals surface area contributed by atoms with Crippen LogP contribution in [0.25, 0.3) is 0 Å². The van der Waals surface area contributed by atoms with E-state index >= 15 is 0 Å². The molecule has 1 atom stereocenters. The van der Waals surface area contributed by atoms with Gasteiger partial charge in [0, 0.05) is 23.5 Å². The van der Waals surface area contributed by atoms with Crippen LogP contribution < -0.4 is 5.32 Å². The van der Waals surface area contributed by atoms with Gasteiger partial charge in [-0.2, -0.15) is 13.2 Å². The van der Waals surface area contributed by atoms with E-state index in [2.05, 4.69) is 15.3 Å². The molecule has 0 aliphatic rings. The fraction of sp³-hybridized carbons (Fsp3) is 0.214. The number of hydrogen-bond acceptors (Lipinski definition) is 3. The number of benzene rings is 1. The molecule has 0 aliphatic heterocycles. The zero-order valence-corrected chi connectivity index (χ0v) is 11.1. The maximum Gasteiger partial charge on any atom is 0.451 e. The molecule has 0 bridgehead atoms. The van der Waals surface area contributed by atoms with Crippen molar-refractivity contribution in [3.63, 3.8) is 0 Å². The lowest BCUT2D eigenvalue weighted by Gasteiger charge is -2.14. The summed E-state index contributed by atoms with van der Waals surface area (Å²) in [5.74, 6) is -1.52. The number of nitrogens with one attached hydrogen (secondary N) is 1. The molecule has 1 aromatic carbocycles. The topological polar surface area (TPSA) is 54.9 Å². The molecular weight excluding hydrogens is 283 g/mol. The third-order valence-corrected chi connectivity index (χ3v) is 2.81. The minimum Gasteiger partial charge on any atom is -0.345 e. The van der Waals surface area contributed by atoms with Crippen LogP contribution in [-0.2, 0) is 6.18 Å². The molecule has 1 unspecified atom stereocenters. The number of hydrogen-bond donors (Lipinski definition) is 1. The first-order valence-corrected chi connectivity index (χ1v) is 6.13. The summed E-state index contributed by atoms with van der Waals surface area (Å²) < 4.78 is 37.1. The number of alkyl halides is 3. The maximum atomic E-state index is 12.4. The summed E-state index contributed by atoms with van der Waals surface area (Å²) in [4.78, 5) is 18.4. The molecule has 0 fully saturated rings. The van der Waals surface area contributed by atoms with Crippen LogP contribution in [0, 0.1) is 0 Å². The minimum atomic E-state index is -4.57. The second-order valence-corrected chi connectivity index (χ2v) is 4.40. The van der Waals surface area contributed by atoms with Crippen LogP contribution in [0.15, 0.2) is 42.7 Å². The SMILES string of the molecule is CC(NC(=O)c1ccccc1)c1cnc(C(F)(F)F)nc1. The summed E-state index contributed by atoms with van der Waals surface area (Å²) in [6, 6.07) is 8.02. The first-order valence-electron chi connectivity index (χ1n) is 6.13. The van der Waals surface area contributed by atoms with Crippen LogP contribution in [0.1, 0.15) is 34.7 Å². The average molecular weight is 295 g/mol. The van der Waals surface area contributed by atoms with Gasteiger partial charge >= 0.3 is 6.18 Å². The van der Waals surface area contributed by atoms with E-state index in [1.165, 1.54) is 0 Å². The first-order chi connectivity index (χ1) is 9.88. The number of halogens is 3. The summed E-state index contributed by atoms with van der Waals surface area (Å²) in [6.45, 7) is 1.65. The smallest absolute Gasteiger partial charge is 0.345 e. The van der Waals surface area contributed by atoms with Gasteiger partial charge in [-0.3, -0.25) is 4.79 Å². The molecule has 21 heavy (non-hydrogen) atoms. The zero-order chi connectivity index (χ0) is 15.5. The van der Waals surface area contributed by atoms with Gasteiger partial charge in [0.2, 0.25) is 5.82 Å². The van der Waals surface area contributed by atoms with Gasteiger partial charge < -0.3 is 5.32 Å². The lowest BCUT2D eigenvalue weighted by molar-refractivity contribution is -0.145. The maximum absolute atomic E-state index is 12.4. The van der Waals surface area contributed by atoms with Crippen LogP contribution in [0.5, 0.6) is 0 Å². The standard InChI is InChI=1S/C14H12F3N3O/c1-9(20-12(21)10-5-3-2-4-6-10)11-7-18-13(19-8-11)14(15,16)17/h2-9H,1H3,(H,20,21). The van der Waals surface area contributed by atoms with Gasteiger partial charge in [0.1, 0.15) is 0 Å². The molecule has 2 aromatic rings. The van der Waals surface area contributed by atoms with Crippen molar-refractivity contribution in [1.82, 2.24) is 15.3 Å². The lowest BCUT2D eigenvalue weighted by Crippen LogP contribution is -2.27. The molecule has 1 aromatic heterocycles. The molecule has 1 amide bonds. The lowest BCUT2D eigenvalue weighted by atomic mass is 10.1. The third-order valence-electron chi connectivity index (χ3n) is 2.81. The number of carbonyl (C=O) groups is 1. The van der Waals surface area contributed by atoms with Crippen molar-refractivity contribution in [1.29, 1.82) is 0 Å². The van der Waals surface area contributed by atoms with Crippen molar-refractivity contribution >= 4 is 5.91 Å². The summed E-state index contributed by atoms with van der Waals surface area (Å²) in [5, 5.41) is 2.67. The van der Waals surface area contributed by atoms with Crippen molar-refractivity contribution in [2.45, 2.75) is 19.1 Å². The Bertz CT molecular complexity index is 612.